The van der Waals surface area contributed by atoms with Crippen molar-refractivity contribution in [3.63, 3.8) is 0 Å². The molecule has 0 spiro atoms. The van der Waals surface area contributed by atoms with E-state index in [4.69, 9.17) is 14.7 Å². The van der Waals surface area contributed by atoms with Crippen molar-refractivity contribution in [3.8, 4) is 0 Å². The second-order valence-electron chi connectivity index (χ2n) is 6.19. The first-order valence-corrected chi connectivity index (χ1v) is 6.72. The molecule has 1 aliphatic rings. The van der Waals surface area contributed by atoms with Crippen molar-refractivity contribution >= 4 is 6.09 Å². The van der Waals surface area contributed by atoms with Gasteiger partial charge in [-0.05, 0) is 31.1 Å². The van der Waals surface area contributed by atoms with Gasteiger partial charge in [0.2, 0.25) is 0 Å². The summed E-state index contributed by atoms with van der Waals surface area (Å²) in [7, 11) is 0. The molecule has 1 heterocycles. The van der Waals surface area contributed by atoms with Gasteiger partial charge in [-0.1, -0.05) is 19.0 Å². The monoisotopic (exact) mass is 283 g/mol. The molecule has 2 rings (SSSR count). The highest BCUT2D eigenvalue weighted by Crippen LogP contribution is 2.50. The van der Waals surface area contributed by atoms with E-state index in [0.717, 1.165) is 12.8 Å². The largest absolute Gasteiger partial charge is 0.465 e. The van der Waals surface area contributed by atoms with Gasteiger partial charge in [0.1, 0.15) is 6.61 Å². The van der Waals surface area contributed by atoms with Gasteiger partial charge in [-0.25, -0.2) is 4.79 Å². The molecule has 1 amide bonds. The van der Waals surface area contributed by atoms with E-state index in [0.29, 0.717) is 12.2 Å². The fourth-order valence-corrected chi connectivity index (χ4v) is 3.07. The summed E-state index contributed by atoms with van der Waals surface area (Å²) in [4.78, 5) is 15.1. The van der Waals surface area contributed by atoms with Gasteiger partial charge in [-0.3, -0.25) is 0 Å². The zero-order valence-corrected chi connectivity index (χ0v) is 12.0. The Morgan fingerprint density at radius 3 is 2.75 bits per heavy atom. The molecule has 0 bridgehead atoms. The predicted molar refractivity (Wildman–Crippen MR) is 70.0 cm³/mol. The van der Waals surface area contributed by atoms with E-state index in [-0.39, 0.29) is 23.8 Å². The van der Waals surface area contributed by atoms with Crippen LogP contribution in [-0.4, -0.2) is 32.0 Å². The molecule has 1 aliphatic carbocycles. The van der Waals surface area contributed by atoms with E-state index in [1.807, 2.05) is 6.92 Å². The van der Waals surface area contributed by atoms with Crippen molar-refractivity contribution < 1.29 is 19.5 Å². The van der Waals surface area contributed by atoms with Crippen molar-refractivity contribution in [1.29, 1.82) is 0 Å². The zero-order chi connectivity index (χ0) is 15.0. The Morgan fingerprint density at radius 2 is 2.20 bits per heavy atom. The first-order chi connectivity index (χ1) is 9.28. The van der Waals surface area contributed by atoms with Gasteiger partial charge in [-0.2, -0.15) is 4.98 Å². The summed E-state index contributed by atoms with van der Waals surface area (Å²) in [5.41, 5.74) is -0.682. The van der Waals surface area contributed by atoms with Crippen molar-refractivity contribution in [2.75, 3.05) is 0 Å². The number of aromatic nitrogens is 2. The lowest BCUT2D eigenvalue weighted by Gasteiger charge is -2.41. The second kappa shape index (κ2) is 5.05. The third-order valence-electron chi connectivity index (χ3n) is 4.89. The van der Waals surface area contributed by atoms with Gasteiger partial charge >= 0.3 is 6.09 Å². The Balaban J connectivity index is 2.12. The number of aliphatic hydroxyl groups is 1. The number of hydrogen-bond donors (Lipinski definition) is 3. The topological polar surface area (TPSA) is 108 Å². The lowest BCUT2D eigenvalue weighted by atomic mass is 9.70. The van der Waals surface area contributed by atoms with Crippen LogP contribution in [0.5, 0.6) is 0 Å². The van der Waals surface area contributed by atoms with Crippen LogP contribution in [0.4, 0.5) is 4.79 Å². The standard InChI is InChI=1S/C13H21N3O4/c1-12(2)8(4-5-13(12,3)15-11(18)19)6-9-14-10(7-17)20-16-9/h8,15,17H,4-7H2,1-3H3,(H,18,19)/t8-,13-/m0/s1. The van der Waals surface area contributed by atoms with Crippen LogP contribution in [0.15, 0.2) is 4.52 Å². The Kier molecular flexibility index (Phi) is 3.73. The molecular weight excluding hydrogens is 262 g/mol. The number of hydrogen-bond acceptors (Lipinski definition) is 5. The molecule has 2 atom stereocenters. The Bertz CT molecular complexity index is 500. The summed E-state index contributed by atoms with van der Waals surface area (Å²) in [6.45, 7) is 5.80. The van der Waals surface area contributed by atoms with Crippen molar-refractivity contribution in [2.24, 2.45) is 11.3 Å². The normalized spacial score (nSPS) is 28.5. The number of aliphatic hydroxyl groups excluding tert-OH is 1. The maximum Gasteiger partial charge on any atom is 0.405 e. The molecule has 0 aliphatic heterocycles. The smallest absolute Gasteiger partial charge is 0.405 e. The summed E-state index contributed by atoms with van der Waals surface area (Å²) in [5.74, 6) is 1.03. The highest BCUT2D eigenvalue weighted by Gasteiger charge is 2.52. The van der Waals surface area contributed by atoms with E-state index in [1.54, 1.807) is 0 Å². The maximum atomic E-state index is 11.0. The fraction of sp³-hybridized carbons (Fsp3) is 0.769. The van der Waals surface area contributed by atoms with Crippen LogP contribution in [0.25, 0.3) is 0 Å². The van der Waals surface area contributed by atoms with E-state index in [1.165, 1.54) is 0 Å². The predicted octanol–water partition coefficient (Wildman–Crippen LogP) is 1.57. The van der Waals surface area contributed by atoms with Crippen molar-refractivity contribution in [1.82, 2.24) is 15.5 Å². The number of rotatable bonds is 4. The minimum Gasteiger partial charge on any atom is -0.465 e. The highest BCUT2D eigenvalue weighted by molar-refractivity contribution is 5.66. The molecule has 7 nitrogen and oxygen atoms in total. The van der Waals surface area contributed by atoms with Crippen LogP contribution in [0, 0.1) is 11.3 Å². The quantitative estimate of drug-likeness (QED) is 0.774. The Morgan fingerprint density at radius 1 is 1.50 bits per heavy atom. The Hall–Kier alpha value is -1.63. The molecule has 0 saturated heterocycles. The lowest BCUT2D eigenvalue weighted by Crippen LogP contribution is -2.54. The second-order valence-corrected chi connectivity index (χ2v) is 6.19. The molecule has 20 heavy (non-hydrogen) atoms. The van der Waals surface area contributed by atoms with Gasteiger partial charge in [0.15, 0.2) is 5.82 Å². The summed E-state index contributed by atoms with van der Waals surface area (Å²) in [5, 5.41) is 24.4. The maximum absolute atomic E-state index is 11.0. The third kappa shape index (κ3) is 2.49. The molecule has 1 fully saturated rings. The fourth-order valence-electron chi connectivity index (χ4n) is 3.07. The van der Waals surface area contributed by atoms with E-state index < -0.39 is 11.6 Å². The molecule has 0 radical (unpaired) electrons. The van der Waals surface area contributed by atoms with Gasteiger partial charge in [0.25, 0.3) is 5.89 Å². The zero-order valence-electron chi connectivity index (χ0n) is 12.0. The average Bonchev–Trinajstić information content (AvgIpc) is 2.87. The number of amides is 1. The van der Waals surface area contributed by atoms with Gasteiger partial charge < -0.3 is 20.1 Å². The first kappa shape index (κ1) is 14.8. The molecule has 0 unspecified atom stereocenters. The molecular formula is C13H21N3O4. The number of carboxylic acid groups (broad SMARTS) is 1. The molecule has 1 saturated carbocycles. The van der Waals surface area contributed by atoms with Crippen LogP contribution in [0.3, 0.4) is 0 Å². The molecule has 1 aromatic rings. The molecule has 112 valence electrons. The SMILES string of the molecule is CC1(C)[C@H](Cc2noc(CO)n2)CC[C@]1(C)NC(=O)O. The minimum absolute atomic E-state index is 0.210. The summed E-state index contributed by atoms with van der Waals surface area (Å²) < 4.78 is 4.89. The van der Waals surface area contributed by atoms with Crippen LogP contribution in [-0.2, 0) is 13.0 Å². The van der Waals surface area contributed by atoms with Crippen molar-refractivity contribution in [2.45, 2.75) is 52.2 Å². The van der Waals surface area contributed by atoms with Gasteiger partial charge in [0, 0.05) is 12.0 Å². The first-order valence-electron chi connectivity index (χ1n) is 6.72. The highest BCUT2D eigenvalue weighted by atomic mass is 16.5. The Labute approximate surface area is 117 Å². The number of nitrogens with one attached hydrogen (secondary N) is 1. The summed E-state index contributed by atoms with van der Waals surface area (Å²) in [6.07, 6.45) is 1.30. The van der Waals surface area contributed by atoms with Crippen LogP contribution in [0.2, 0.25) is 0 Å². The third-order valence-corrected chi connectivity index (χ3v) is 4.89. The molecule has 1 aromatic heterocycles. The lowest BCUT2D eigenvalue weighted by molar-refractivity contribution is 0.114. The van der Waals surface area contributed by atoms with E-state index >= 15 is 0 Å². The molecule has 7 heteroatoms. The van der Waals surface area contributed by atoms with Crippen LogP contribution < -0.4 is 5.32 Å². The minimum atomic E-state index is -0.997. The summed E-state index contributed by atoms with van der Waals surface area (Å²) in [6, 6.07) is 0. The molecule has 0 aromatic carbocycles. The van der Waals surface area contributed by atoms with Crippen LogP contribution >= 0.6 is 0 Å². The van der Waals surface area contributed by atoms with Gasteiger partial charge in [0.05, 0.1) is 0 Å². The number of nitrogens with zero attached hydrogens (tertiary/aromatic N) is 2. The molecule has 3 N–H and O–H groups in total. The van der Waals surface area contributed by atoms with E-state index in [9.17, 15) is 4.79 Å². The average molecular weight is 283 g/mol. The van der Waals surface area contributed by atoms with Crippen LogP contribution in [0.1, 0.15) is 45.3 Å². The van der Waals surface area contributed by atoms with Crippen molar-refractivity contribution in [3.05, 3.63) is 11.7 Å². The van der Waals surface area contributed by atoms with Gasteiger partial charge in [-0.15, -0.1) is 0 Å². The summed E-state index contributed by atoms with van der Waals surface area (Å²) >= 11 is 0. The number of carbonyl (C=O) groups is 1. The van der Waals surface area contributed by atoms with E-state index in [2.05, 4.69) is 29.3 Å².